The highest BCUT2D eigenvalue weighted by Crippen LogP contribution is 2.32. The first-order valence-corrected chi connectivity index (χ1v) is 5.21. The fourth-order valence-electron chi connectivity index (χ4n) is 1.12. The predicted molar refractivity (Wildman–Crippen MR) is 63.8 cm³/mol. The Morgan fingerprint density at radius 3 is 2.67 bits per heavy atom. The summed E-state index contributed by atoms with van der Waals surface area (Å²) in [5.41, 5.74) is 1.35. The SMILES string of the molecule is CNCC(=O)Nc1c(Cl)ccc(C)c1Cl. The molecule has 1 aromatic carbocycles. The summed E-state index contributed by atoms with van der Waals surface area (Å²) in [4.78, 5) is 11.3. The Morgan fingerprint density at radius 1 is 1.40 bits per heavy atom. The number of aryl methyl sites for hydroxylation is 1. The molecule has 0 radical (unpaired) electrons. The minimum atomic E-state index is -0.174. The number of halogens is 2. The summed E-state index contributed by atoms with van der Waals surface area (Å²) in [7, 11) is 1.69. The fourth-order valence-corrected chi connectivity index (χ4v) is 1.58. The zero-order chi connectivity index (χ0) is 11.4. The number of carbonyl (C=O) groups excluding carboxylic acids is 1. The van der Waals surface area contributed by atoms with Crippen LogP contribution in [0.5, 0.6) is 0 Å². The first kappa shape index (κ1) is 12.3. The lowest BCUT2D eigenvalue weighted by atomic mass is 10.2. The van der Waals surface area contributed by atoms with Gasteiger partial charge in [-0.05, 0) is 25.6 Å². The predicted octanol–water partition coefficient (Wildman–Crippen LogP) is 2.46. The molecule has 0 atom stereocenters. The van der Waals surface area contributed by atoms with Crippen LogP contribution in [0.4, 0.5) is 5.69 Å². The summed E-state index contributed by atoms with van der Waals surface area (Å²) in [5, 5.41) is 6.32. The minimum Gasteiger partial charge on any atom is -0.322 e. The number of nitrogens with one attached hydrogen (secondary N) is 2. The average Bonchev–Trinajstić information content (AvgIpc) is 2.19. The van der Waals surface area contributed by atoms with E-state index in [1.54, 1.807) is 19.2 Å². The van der Waals surface area contributed by atoms with Gasteiger partial charge in [0.2, 0.25) is 5.91 Å². The molecule has 5 heteroatoms. The summed E-state index contributed by atoms with van der Waals surface area (Å²) in [6, 6.07) is 3.51. The van der Waals surface area contributed by atoms with Crippen LogP contribution in [0.2, 0.25) is 10.0 Å². The second kappa shape index (κ2) is 5.35. The topological polar surface area (TPSA) is 41.1 Å². The minimum absolute atomic E-state index is 0.174. The third-order valence-electron chi connectivity index (χ3n) is 1.89. The molecule has 0 saturated carbocycles. The van der Waals surface area contributed by atoms with Gasteiger partial charge in [0.05, 0.1) is 22.3 Å². The van der Waals surface area contributed by atoms with Crippen molar-refractivity contribution in [1.82, 2.24) is 5.32 Å². The Kier molecular flexibility index (Phi) is 4.39. The normalized spacial score (nSPS) is 10.1. The molecule has 3 nitrogen and oxygen atoms in total. The highest BCUT2D eigenvalue weighted by Gasteiger charge is 2.10. The molecule has 15 heavy (non-hydrogen) atoms. The lowest BCUT2D eigenvalue weighted by Gasteiger charge is -2.10. The zero-order valence-electron chi connectivity index (χ0n) is 8.53. The Balaban J connectivity index is 2.93. The molecule has 0 fully saturated rings. The van der Waals surface area contributed by atoms with Crippen molar-refractivity contribution in [3.63, 3.8) is 0 Å². The van der Waals surface area contributed by atoms with Crippen molar-refractivity contribution in [3.05, 3.63) is 27.7 Å². The maximum absolute atomic E-state index is 11.3. The molecule has 0 aromatic heterocycles. The summed E-state index contributed by atoms with van der Waals surface area (Å²) in [6.45, 7) is 2.08. The number of hydrogen-bond acceptors (Lipinski definition) is 2. The molecule has 1 amide bonds. The van der Waals surface area contributed by atoms with Gasteiger partial charge in [-0.25, -0.2) is 0 Å². The van der Waals surface area contributed by atoms with Crippen LogP contribution in [0, 0.1) is 6.92 Å². The molecule has 82 valence electrons. The number of likely N-dealkylation sites (N-methyl/N-ethyl adjacent to an activating group) is 1. The third kappa shape index (κ3) is 3.09. The largest absolute Gasteiger partial charge is 0.322 e. The molecule has 0 aliphatic rings. The molecule has 0 aliphatic carbocycles. The average molecular weight is 247 g/mol. The van der Waals surface area contributed by atoms with E-state index < -0.39 is 0 Å². The summed E-state index contributed by atoms with van der Waals surface area (Å²) < 4.78 is 0. The van der Waals surface area contributed by atoms with Gasteiger partial charge in [-0.3, -0.25) is 4.79 Å². The lowest BCUT2D eigenvalue weighted by molar-refractivity contribution is -0.115. The van der Waals surface area contributed by atoms with Crippen LogP contribution in [-0.2, 0) is 4.79 Å². The van der Waals surface area contributed by atoms with Gasteiger partial charge >= 0.3 is 0 Å². The number of anilines is 1. The van der Waals surface area contributed by atoms with Crippen LogP contribution in [0.15, 0.2) is 12.1 Å². The summed E-state index contributed by atoms with van der Waals surface area (Å²) in [6.07, 6.45) is 0. The van der Waals surface area contributed by atoms with Gasteiger partial charge in [0.25, 0.3) is 0 Å². The summed E-state index contributed by atoms with van der Waals surface area (Å²) >= 11 is 11.9. The summed E-state index contributed by atoms with van der Waals surface area (Å²) in [5.74, 6) is -0.174. The number of rotatable bonds is 3. The van der Waals surface area contributed by atoms with Crippen LogP contribution >= 0.6 is 23.2 Å². The Morgan fingerprint density at radius 2 is 2.07 bits per heavy atom. The highest BCUT2D eigenvalue weighted by molar-refractivity contribution is 6.40. The zero-order valence-corrected chi connectivity index (χ0v) is 10.0. The van der Waals surface area contributed by atoms with Crippen molar-refractivity contribution in [1.29, 1.82) is 0 Å². The second-order valence-electron chi connectivity index (χ2n) is 3.13. The maximum atomic E-state index is 11.3. The third-order valence-corrected chi connectivity index (χ3v) is 2.69. The van der Waals surface area contributed by atoms with Gasteiger partial charge in [0.1, 0.15) is 0 Å². The maximum Gasteiger partial charge on any atom is 0.238 e. The van der Waals surface area contributed by atoms with Gasteiger partial charge < -0.3 is 10.6 Å². The van der Waals surface area contributed by atoms with Crippen LogP contribution in [0.3, 0.4) is 0 Å². The molecular weight excluding hydrogens is 235 g/mol. The molecule has 2 N–H and O–H groups in total. The van der Waals surface area contributed by atoms with Gasteiger partial charge in [0, 0.05) is 0 Å². The van der Waals surface area contributed by atoms with E-state index in [0.717, 1.165) is 5.56 Å². The molecule has 0 unspecified atom stereocenters. The molecule has 1 rings (SSSR count). The first-order chi connectivity index (χ1) is 7.06. The van der Waals surface area contributed by atoms with Gasteiger partial charge in [-0.2, -0.15) is 0 Å². The van der Waals surface area contributed by atoms with Crippen molar-refractivity contribution in [2.45, 2.75) is 6.92 Å². The van der Waals surface area contributed by atoms with E-state index >= 15 is 0 Å². The number of amides is 1. The van der Waals surface area contributed by atoms with E-state index in [1.807, 2.05) is 6.92 Å². The van der Waals surface area contributed by atoms with E-state index in [0.29, 0.717) is 15.7 Å². The standard InChI is InChI=1S/C10H12Cl2N2O/c1-6-3-4-7(11)10(9(6)12)14-8(15)5-13-2/h3-4,13H,5H2,1-2H3,(H,14,15). The first-order valence-electron chi connectivity index (χ1n) is 4.45. The quantitative estimate of drug-likeness (QED) is 0.861. The van der Waals surface area contributed by atoms with E-state index in [1.165, 1.54) is 0 Å². The van der Waals surface area contributed by atoms with Gasteiger partial charge in [-0.1, -0.05) is 29.3 Å². The Bertz CT molecular complexity index is 380. The molecule has 0 bridgehead atoms. The van der Waals surface area contributed by atoms with Crippen molar-refractivity contribution < 1.29 is 4.79 Å². The highest BCUT2D eigenvalue weighted by atomic mass is 35.5. The fraction of sp³-hybridized carbons (Fsp3) is 0.300. The van der Waals surface area contributed by atoms with Gasteiger partial charge in [0.15, 0.2) is 0 Å². The lowest BCUT2D eigenvalue weighted by Crippen LogP contribution is -2.25. The van der Waals surface area contributed by atoms with Gasteiger partial charge in [-0.15, -0.1) is 0 Å². The van der Waals surface area contributed by atoms with Crippen LogP contribution in [-0.4, -0.2) is 19.5 Å². The van der Waals surface area contributed by atoms with Crippen molar-refractivity contribution >= 4 is 34.8 Å². The molecule has 1 aromatic rings. The van der Waals surface area contributed by atoms with E-state index in [4.69, 9.17) is 23.2 Å². The molecule has 0 heterocycles. The second-order valence-corrected chi connectivity index (χ2v) is 3.92. The van der Waals surface area contributed by atoms with Crippen LogP contribution in [0.25, 0.3) is 0 Å². The van der Waals surface area contributed by atoms with Crippen LogP contribution < -0.4 is 10.6 Å². The molecule has 0 spiro atoms. The molecule has 0 saturated heterocycles. The Hall–Kier alpha value is -0.770. The smallest absolute Gasteiger partial charge is 0.238 e. The monoisotopic (exact) mass is 246 g/mol. The number of carbonyl (C=O) groups is 1. The van der Waals surface area contributed by atoms with Crippen molar-refractivity contribution in [2.75, 3.05) is 18.9 Å². The van der Waals surface area contributed by atoms with Crippen LogP contribution in [0.1, 0.15) is 5.56 Å². The number of benzene rings is 1. The van der Waals surface area contributed by atoms with E-state index in [2.05, 4.69) is 10.6 Å². The van der Waals surface area contributed by atoms with Crippen molar-refractivity contribution in [2.24, 2.45) is 0 Å². The molecule has 0 aliphatic heterocycles. The Labute approximate surface area is 98.8 Å². The van der Waals surface area contributed by atoms with Crippen molar-refractivity contribution in [3.8, 4) is 0 Å². The van der Waals surface area contributed by atoms with E-state index in [9.17, 15) is 4.79 Å². The molecular formula is C10H12Cl2N2O. The number of hydrogen-bond donors (Lipinski definition) is 2. The van der Waals surface area contributed by atoms with E-state index in [-0.39, 0.29) is 12.5 Å².